The first-order chi connectivity index (χ1) is 7.79. The molecule has 0 amide bonds. The molecular formula is C12H19N3O. The molecule has 4 heteroatoms. The van der Waals surface area contributed by atoms with E-state index in [9.17, 15) is 5.21 Å². The minimum absolute atomic E-state index is 0.487. The molecule has 1 aliphatic rings. The van der Waals surface area contributed by atoms with E-state index in [-0.39, 0.29) is 0 Å². The monoisotopic (exact) mass is 221 g/mol. The predicted molar refractivity (Wildman–Crippen MR) is 63.0 cm³/mol. The zero-order valence-corrected chi connectivity index (χ0v) is 9.47. The van der Waals surface area contributed by atoms with E-state index in [4.69, 9.17) is 5.73 Å². The van der Waals surface area contributed by atoms with Gasteiger partial charge in [0.05, 0.1) is 6.67 Å². The Morgan fingerprint density at radius 2 is 2.06 bits per heavy atom. The highest BCUT2D eigenvalue weighted by Gasteiger charge is 2.16. The Morgan fingerprint density at radius 3 is 2.81 bits per heavy atom. The van der Waals surface area contributed by atoms with Crippen LogP contribution in [-0.2, 0) is 13.0 Å². The van der Waals surface area contributed by atoms with Gasteiger partial charge in [-0.05, 0) is 17.5 Å². The summed E-state index contributed by atoms with van der Waals surface area (Å²) in [6, 6.07) is 8.50. The molecule has 1 aliphatic heterocycles. The van der Waals surface area contributed by atoms with Gasteiger partial charge in [0.15, 0.2) is 0 Å². The molecule has 88 valence electrons. The molecule has 0 radical (unpaired) electrons. The lowest BCUT2D eigenvalue weighted by Gasteiger charge is -2.31. The van der Waals surface area contributed by atoms with Crippen molar-refractivity contribution in [1.82, 2.24) is 9.96 Å². The number of fused-ring (bicyclic) bond motifs is 1. The van der Waals surface area contributed by atoms with Gasteiger partial charge in [0.2, 0.25) is 0 Å². The Morgan fingerprint density at radius 1 is 1.31 bits per heavy atom. The number of nitrogens with zero attached hydrogens (tertiary/aromatic N) is 2. The van der Waals surface area contributed by atoms with Gasteiger partial charge in [-0.25, -0.2) is 0 Å². The van der Waals surface area contributed by atoms with Gasteiger partial charge in [0, 0.05) is 26.2 Å². The molecule has 1 heterocycles. The number of hydrogen-bond donors (Lipinski definition) is 2. The van der Waals surface area contributed by atoms with E-state index in [2.05, 4.69) is 29.2 Å². The van der Waals surface area contributed by atoms with Crippen molar-refractivity contribution in [1.29, 1.82) is 0 Å². The average Bonchev–Trinajstić information content (AvgIpc) is 2.29. The maximum Gasteiger partial charge on any atom is 0.0757 e. The van der Waals surface area contributed by atoms with Crippen LogP contribution in [0.2, 0.25) is 0 Å². The second-order valence-electron chi connectivity index (χ2n) is 4.23. The highest BCUT2D eigenvalue weighted by Crippen LogP contribution is 2.18. The van der Waals surface area contributed by atoms with Crippen LogP contribution in [0.5, 0.6) is 0 Å². The van der Waals surface area contributed by atoms with Gasteiger partial charge < -0.3 is 10.9 Å². The first-order valence-electron chi connectivity index (χ1n) is 5.72. The maximum atomic E-state index is 9.56. The standard InChI is InChI=1S/C12H19N3O/c13-6-8-15(16)10-14-7-5-11-3-1-2-4-12(11)9-14/h1-4,16H,5-10,13H2. The SMILES string of the molecule is NCCN(O)CN1CCc2ccccc2C1. The van der Waals surface area contributed by atoms with Gasteiger partial charge in [-0.15, -0.1) is 0 Å². The second-order valence-corrected chi connectivity index (χ2v) is 4.23. The molecule has 0 bridgehead atoms. The summed E-state index contributed by atoms with van der Waals surface area (Å²) < 4.78 is 0. The van der Waals surface area contributed by atoms with E-state index in [1.54, 1.807) is 0 Å². The van der Waals surface area contributed by atoms with Crippen LogP contribution in [0.25, 0.3) is 0 Å². The Bertz CT molecular complexity index is 343. The average molecular weight is 221 g/mol. The molecule has 1 aromatic carbocycles. The number of hydrogen-bond acceptors (Lipinski definition) is 4. The molecule has 0 aromatic heterocycles. The molecule has 0 unspecified atom stereocenters. The van der Waals surface area contributed by atoms with Crippen LogP contribution in [0, 0.1) is 0 Å². The topological polar surface area (TPSA) is 52.7 Å². The molecule has 3 N–H and O–H groups in total. The Balaban J connectivity index is 1.92. The molecule has 16 heavy (non-hydrogen) atoms. The first kappa shape index (κ1) is 11.5. The Kier molecular flexibility index (Phi) is 3.90. The summed E-state index contributed by atoms with van der Waals surface area (Å²) in [7, 11) is 0. The van der Waals surface area contributed by atoms with Gasteiger partial charge in [0.25, 0.3) is 0 Å². The summed E-state index contributed by atoms with van der Waals surface area (Å²) in [5.41, 5.74) is 8.19. The van der Waals surface area contributed by atoms with Crippen molar-refractivity contribution in [2.24, 2.45) is 5.73 Å². The fraction of sp³-hybridized carbons (Fsp3) is 0.500. The van der Waals surface area contributed by atoms with E-state index >= 15 is 0 Å². The molecule has 0 saturated carbocycles. The third-order valence-electron chi connectivity index (χ3n) is 2.96. The predicted octanol–water partition coefficient (Wildman–Crippen LogP) is 0.652. The summed E-state index contributed by atoms with van der Waals surface area (Å²) in [5.74, 6) is 0. The lowest BCUT2D eigenvalue weighted by Crippen LogP contribution is -2.40. The van der Waals surface area contributed by atoms with Gasteiger partial charge in [-0.3, -0.25) is 4.90 Å². The Hall–Kier alpha value is -0.940. The maximum absolute atomic E-state index is 9.56. The van der Waals surface area contributed by atoms with Crippen molar-refractivity contribution < 1.29 is 5.21 Å². The lowest BCUT2D eigenvalue weighted by molar-refractivity contribution is -0.124. The van der Waals surface area contributed by atoms with Crippen molar-refractivity contribution in [2.45, 2.75) is 13.0 Å². The highest BCUT2D eigenvalue weighted by molar-refractivity contribution is 5.28. The van der Waals surface area contributed by atoms with Crippen molar-refractivity contribution in [3.63, 3.8) is 0 Å². The van der Waals surface area contributed by atoms with Crippen LogP contribution in [0.1, 0.15) is 11.1 Å². The van der Waals surface area contributed by atoms with Crippen molar-refractivity contribution in [3.05, 3.63) is 35.4 Å². The third-order valence-corrected chi connectivity index (χ3v) is 2.96. The van der Waals surface area contributed by atoms with E-state index in [0.717, 1.165) is 19.5 Å². The van der Waals surface area contributed by atoms with Gasteiger partial charge >= 0.3 is 0 Å². The summed E-state index contributed by atoms with van der Waals surface area (Å²) in [6.45, 7) is 3.50. The smallest absolute Gasteiger partial charge is 0.0757 e. The molecule has 1 aromatic rings. The zero-order valence-electron chi connectivity index (χ0n) is 9.47. The van der Waals surface area contributed by atoms with Crippen molar-refractivity contribution >= 4 is 0 Å². The van der Waals surface area contributed by atoms with Gasteiger partial charge in [-0.2, -0.15) is 5.06 Å². The minimum atomic E-state index is 0.487. The quantitative estimate of drug-likeness (QED) is 0.733. The molecule has 0 atom stereocenters. The lowest BCUT2D eigenvalue weighted by atomic mass is 10.0. The second kappa shape index (κ2) is 5.41. The summed E-state index contributed by atoms with van der Waals surface area (Å²) >= 11 is 0. The van der Waals surface area contributed by atoms with E-state index in [0.29, 0.717) is 19.8 Å². The summed E-state index contributed by atoms with van der Waals surface area (Å²) in [4.78, 5) is 2.23. The van der Waals surface area contributed by atoms with Crippen LogP contribution in [0.3, 0.4) is 0 Å². The van der Waals surface area contributed by atoms with Crippen LogP contribution in [-0.4, -0.2) is 41.5 Å². The van der Waals surface area contributed by atoms with E-state index < -0.39 is 0 Å². The number of rotatable bonds is 4. The van der Waals surface area contributed by atoms with E-state index in [1.807, 2.05) is 0 Å². The van der Waals surface area contributed by atoms with Gasteiger partial charge in [0.1, 0.15) is 0 Å². The Labute approximate surface area is 96.2 Å². The highest BCUT2D eigenvalue weighted by atomic mass is 16.5. The first-order valence-corrected chi connectivity index (χ1v) is 5.72. The zero-order chi connectivity index (χ0) is 11.4. The number of benzene rings is 1. The van der Waals surface area contributed by atoms with Crippen molar-refractivity contribution in [3.8, 4) is 0 Å². The minimum Gasteiger partial charge on any atom is -0.329 e. The normalized spacial score (nSPS) is 16.4. The van der Waals surface area contributed by atoms with Crippen LogP contribution in [0.15, 0.2) is 24.3 Å². The molecule has 2 rings (SSSR count). The van der Waals surface area contributed by atoms with E-state index in [1.165, 1.54) is 16.2 Å². The fourth-order valence-electron chi connectivity index (χ4n) is 2.13. The molecule has 0 spiro atoms. The largest absolute Gasteiger partial charge is 0.329 e. The number of hydroxylamine groups is 2. The molecule has 4 nitrogen and oxygen atoms in total. The third kappa shape index (κ3) is 2.80. The molecule has 0 saturated heterocycles. The molecular weight excluding hydrogens is 202 g/mol. The van der Waals surface area contributed by atoms with Gasteiger partial charge in [-0.1, -0.05) is 24.3 Å². The van der Waals surface area contributed by atoms with Crippen LogP contribution in [0.4, 0.5) is 0 Å². The molecule has 0 aliphatic carbocycles. The fourth-order valence-corrected chi connectivity index (χ4v) is 2.13. The van der Waals surface area contributed by atoms with Crippen LogP contribution >= 0.6 is 0 Å². The molecule has 0 fully saturated rings. The summed E-state index contributed by atoms with van der Waals surface area (Å²) in [6.07, 6.45) is 1.06. The summed E-state index contributed by atoms with van der Waals surface area (Å²) in [5, 5.41) is 10.8. The number of nitrogens with two attached hydrogens (primary N) is 1. The van der Waals surface area contributed by atoms with Crippen molar-refractivity contribution in [2.75, 3.05) is 26.3 Å². The van der Waals surface area contributed by atoms with Crippen LogP contribution < -0.4 is 5.73 Å².